The molecule has 1 heterocycles. The smallest absolute Gasteiger partial charge is 0.296 e. The van der Waals surface area contributed by atoms with E-state index in [-0.39, 0.29) is 11.4 Å². The molecule has 0 fully saturated rings. The molecular formula is C9H4F3N3O4. The van der Waals surface area contributed by atoms with Crippen LogP contribution in [0.1, 0.15) is 5.56 Å². The summed E-state index contributed by atoms with van der Waals surface area (Å²) in [5.41, 5.74) is -2.28. The summed E-state index contributed by atoms with van der Waals surface area (Å²) in [4.78, 5) is 22.5. The molecule has 7 nitrogen and oxygen atoms in total. The van der Waals surface area contributed by atoms with Gasteiger partial charge in [-0.2, -0.15) is 13.2 Å². The minimum absolute atomic E-state index is 0.274. The quantitative estimate of drug-likeness (QED) is 0.666. The molecular weight excluding hydrogens is 271 g/mol. The van der Waals surface area contributed by atoms with E-state index in [0.29, 0.717) is 12.1 Å². The van der Waals surface area contributed by atoms with E-state index >= 15 is 0 Å². The van der Waals surface area contributed by atoms with E-state index < -0.39 is 28.1 Å². The molecule has 0 saturated carbocycles. The van der Waals surface area contributed by atoms with Gasteiger partial charge in [0.1, 0.15) is 0 Å². The van der Waals surface area contributed by atoms with E-state index in [1.54, 1.807) is 0 Å². The number of halogens is 3. The van der Waals surface area contributed by atoms with Crippen LogP contribution in [0.25, 0.3) is 11.4 Å². The number of nitrogens with one attached hydrogen (secondary N) is 1. The lowest BCUT2D eigenvalue weighted by Gasteiger charge is -2.07. The summed E-state index contributed by atoms with van der Waals surface area (Å²) in [5, 5.41) is 14.0. The molecule has 1 aromatic heterocycles. The number of nitro groups is 1. The maximum atomic E-state index is 12.5. The van der Waals surface area contributed by atoms with Crippen LogP contribution in [0.2, 0.25) is 0 Å². The number of rotatable bonds is 2. The minimum Gasteiger partial charge on any atom is -0.296 e. The van der Waals surface area contributed by atoms with E-state index in [2.05, 4.69) is 9.68 Å². The number of hydrogen-bond donors (Lipinski definition) is 1. The van der Waals surface area contributed by atoms with E-state index in [9.17, 15) is 28.1 Å². The Kier molecular flexibility index (Phi) is 2.85. The fraction of sp³-hybridized carbons (Fsp3) is 0.111. The van der Waals surface area contributed by atoms with Gasteiger partial charge in [-0.05, 0) is 12.1 Å². The summed E-state index contributed by atoms with van der Waals surface area (Å²) in [7, 11) is 0. The maximum Gasteiger partial charge on any atom is 0.439 e. The Hall–Kier alpha value is -2.65. The van der Waals surface area contributed by atoms with Crippen LogP contribution in [-0.4, -0.2) is 15.1 Å². The first-order valence-corrected chi connectivity index (χ1v) is 4.71. The number of nitrogens with zero attached hydrogens (tertiary/aromatic N) is 2. The van der Waals surface area contributed by atoms with Gasteiger partial charge >= 0.3 is 11.9 Å². The molecule has 2 aromatic rings. The van der Waals surface area contributed by atoms with E-state index in [0.717, 1.165) is 6.07 Å². The first kappa shape index (κ1) is 12.8. The molecule has 0 aliphatic carbocycles. The highest BCUT2D eigenvalue weighted by atomic mass is 19.4. The molecule has 0 aliphatic rings. The van der Waals surface area contributed by atoms with Crippen LogP contribution in [0.3, 0.4) is 0 Å². The van der Waals surface area contributed by atoms with Crippen LogP contribution < -0.4 is 5.76 Å². The van der Waals surface area contributed by atoms with Crippen LogP contribution in [0, 0.1) is 10.1 Å². The lowest BCUT2D eigenvalue weighted by atomic mass is 10.1. The molecule has 0 saturated heterocycles. The van der Waals surface area contributed by atoms with Crippen molar-refractivity contribution in [1.29, 1.82) is 0 Å². The monoisotopic (exact) mass is 275 g/mol. The van der Waals surface area contributed by atoms with E-state index in [1.165, 1.54) is 0 Å². The van der Waals surface area contributed by atoms with Crippen molar-refractivity contribution in [3.63, 3.8) is 0 Å². The van der Waals surface area contributed by atoms with Gasteiger partial charge in [-0.25, -0.2) is 4.79 Å². The average Bonchev–Trinajstić information content (AvgIpc) is 2.73. The Balaban J connectivity index is 2.63. The number of alkyl halides is 3. The number of aromatic amines is 1. The number of nitro benzene ring substituents is 1. The molecule has 2 rings (SSSR count). The highest BCUT2D eigenvalue weighted by Crippen LogP contribution is 2.35. The lowest BCUT2D eigenvalue weighted by molar-refractivity contribution is -0.384. The van der Waals surface area contributed by atoms with Gasteiger partial charge in [0.05, 0.1) is 16.1 Å². The van der Waals surface area contributed by atoms with Crippen LogP contribution >= 0.6 is 0 Å². The standard InChI is InChI=1S/C9H4F3N3O4/c10-9(11,12)4-1-2-5(6(3-4)15(17)18)7-13-8(16)19-14-7/h1-3H,(H,13,14,16). The largest absolute Gasteiger partial charge is 0.439 e. The average molecular weight is 275 g/mol. The third-order valence-corrected chi connectivity index (χ3v) is 2.22. The molecule has 1 aromatic carbocycles. The molecule has 19 heavy (non-hydrogen) atoms. The summed E-state index contributed by atoms with van der Waals surface area (Å²) < 4.78 is 41.5. The molecule has 100 valence electrons. The Bertz CT molecular complexity index is 689. The number of benzene rings is 1. The fourth-order valence-corrected chi connectivity index (χ4v) is 1.41. The summed E-state index contributed by atoms with van der Waals surface area (Å²) in [6.07, 6.45) is -4.71. The molecule has 0 spiro atoms. The van der Waals surface area contributed by atoms with Gasteiger partial charge < -0.3 is 0 Å². The number of aromatic nitrogens is 2. The van der Waals surface area contributed by atoms with Crippen LogP contribution in [0.15, 0.2) is 27.5 Å². The highest BCUT2D eigenvalue weighted by Gasteiger charge is 2.33. The third-order valence-electron chi connectivity index (χ3n) is 2.22. The molecule has 0 radical (unpaired) electrons. The van der Waals surface area contributed by atoms with Crippen molar-refractivity contribution in [2.75, 3.05) is 0 Å². The van der Waals surface area contributed by atoms with Crippen molar-refractivity contribution in [3.8, 4) is 11.4 Å². The van der Waals surface area contributed by atoms with Gasteiger partial charge in [-0.15, -0.1) is 0 Å². The zero-order valence-corrected chi connectivity index (χ0v) is 8.89. The van der Waals surface area contributed by atoms with Crippen molar-refractivity contribution >= 4 is 5.69 Å². The molecule has 0 atom stereocenters. The van der Waals surface area contributed by atoms with E-state index in [1.807, 2.05) is 4.98 Å². The first-order valence-electron chi connectivity index (χ1n) is 4.71. The minimum atomic E-state index is -4.71. The predicted molar refractivity (Wildman–Crippen MR) is 54.2 cm³/mol. The van der Waals surface area contributed by atoms with Gasteiger partial charge in [0.25, 0.3) is 5.69 Å². The van der Waals surface area contributed by atoms with Crippen LogP contribution in [0.4, 0.5) is 18.9 Å². The normalized spacial score (nSPS) is 11.5. The number of hydrogen-bond acceptors (Lipinski definition) is 5. The molecule has 0 amide bonds. The van der Waals surface area contributed by atoms with Crippen molar-refractivity contribution in [1.82, 2.24) is 10.1 Å². The highest BCUT2D eigenvalue weighted by molar-refractivity contribution is 5.68. The number of H-pyrrole nitrogens is 1. The zero-order valence-electron chi connectivity index (χ0n) is 8.89. The molecule has 1 N–H and O–H groups in total. The fourth-order valence-electron chi connectivity index (χ4n) is 1.41. The van der Waals surface area contributed by atoms with Crippen molar-refractivity contribution in [3.05, 3.63) is 44.4 Å². The summed E-state index contributed by atoms with van der Waals surface area (Å²) in [6.45, 7) is 0. The van der Waals surface area contributed by atoms with Gasteiger partial charge in [-0.1, -0.05) is 5.16 Å². The molecule has 0 bridgehead atoms. The maximum absolute atomic E-state index is 12.5. The van der Waals surface area contributed by atoms with Gasteiger partial charge in [-0.3, -0.25) is 19.6 Å². The Morgan fingerprint density at radius 1 is 1.37 bits per heavy atom. The van der Waals surface area contributed by atoms with Crippen molar-refractivity contribution in [2.24, 2.45) is 0 Å². The molecule has 0 unspecified atom stereocenters. The summed E-state index contributed by atoms with van der Waals surface area (Å²) in [6, 6.07) is 1.85. The third kappa shape index (κ3) is 2.46. The SMILES string of the molecule is O=c1[nH]c(-c2ccc(C(F)(F)F)cc2[N+](=O)[O-])no1. The van der Waals surface area contributed by atoms with Gasteiger partial charge in [0, 0.05) is 6.07 Å². The van der Waals surface area contributed by atoms with Gasteiger partial charge in [0.2, 0.25) is 0 Å². The Labute approximate surface area is 101 Å². The van der Waals surface area contributed by atoms with Crippen molar-refractivity contribution in [2.45, 2.75) is 6.18 Å². The first-order chi connectivity index (χ1) is 8.79. The summed E-state index contributed by atoms with van der Waals surface area (Å²) in [5.74, 6) is -1.28. The Morgan fingerprint density at radius 3 is 2.53 bits per heavy atom. The van der Waals surface area contributed by atoms with Crippen LogP contribution in [-0.2, 0) is 6.18 Å². The van der Waals surface area contributed by atoms with Crippen molar-refractivity contribution < 1.29 is 22.6 Å². The zero-order chi connectivity index (χ0) is 14.2. The lowest BCUT2D eigenvalue weighted by Crippen LogP contribution is -2.06. The summed E-state index contributed by atoms with van der Waals surface area (Å²) >= 11 is 0. The Morgan fingerprint density at radius 2 is 2.05 bits per heavy atom. The topological polar surface area (TPSA) is 102 Å². The van der Waals surface area contributed by atoms with Crippen LogP contribution in [0.5, 0.6) is 0 Å². The molecule has 10 heteroatoms. The second kappa shape index (κ2) is 4.23. The van der Waals surface area contributed by atoms with Gasteiger partial charge in [0.15, 0.2) is 5.82 Å². The predicted octanol–water partition coefficient (Wildman–Crippen LogP) is 1.96. The second-order valence-electron chi connectivity index (χ2n) is 3.43. The molecule has 0 aliphatic heterocycles. The second-order valence-corrected chi connectivity index (χ2v) is 3.43. The van der Waals surface area contributed by atoms with E-state index in [4.69, 9.17) is 0 Å².